The maximum Gasteiger partial charge on any atom is 0.119 e. The third kappa shape index (κ3) is 2.76. The van der Waals surface area contributed by atoms with Crippen LogP contribution in [0.5, 0.6) is 5.75 Å². The lowest BCUT2D eigenvalue weighted by Crippen LogP contribution is -2.47. The van der Waals surface area contributed by atoms with Crippen molar-refractivity contribution in [1.82, 2.24) is 5.32 Å². The summed E-state index contributed by atoms with van der Waals surface area (Å²) in [5, 5.41) is 3.63. The molecule has 2 nitrogen and oxygen atoms in total. The first-order valence-electron chi connectivity index (χ1n) is 6.19. The van der Waals surface area contributed by atoms with E-state index >= 15 is 0 Å². The molecule has 88 valence electrons. The van der Waals surface area contributed by atoms with Gasteiger partial charge in [0.15, 0.2) is 0 Å². The van der Waals surface area contributed by atoms with E-state index in [1.54, 1.807) is 0 Å². The normalized spacial score (nSPS) is 17.9. The van der Waals surface area contributed by atoms with E-state index in [4.69, 9.17) is 4.74 Å². The number of hydrogen-bond donors (Lipinski definition) is 1. The third-order valence-electron chi connectivity index (χ3n) is 3.39. The van der Waals surface area contributed by atoms with Crippen molar-refractivity contribution in [1.29, 1.82) is 0 Å². The maximum atomic E-state index is 5.49. The molecule has 0 unspecified atom stereocenters. The Morgan fingerprint density at radius 2 is 2.19 bits per heavy atom. The first-order valence-corrected chi connectivity index (χ1v) is 6.19. The SMILES string of the molecule is CCOc1cccc(CNC2(C)CCC2)c1. The van der Waals surface area contributed by atoms with Gasteiger partial charge in [0.25, 0.3) is 0 Å². The van der Waals surface area contributed by atoms with Crippen LogP contribution in [0.3, 0.4) is 0 Å². The molecular formula is C14H21NO. The molecule has 0 saturated heterocycles. The zero-order valence-electron chi connectivity index (χ0n) is 10.3. The van der Waals surface area contributed by atoms with Gasteiger partial charge in [-0.05, 0) is 50.8 Å². The molecule has 0 atom stereocenters. The summed E-state index contributed by atoms with van der Waals surface area (Å²) < 4.78 is 5.49. The molecule has 1 aliphatic carbocycles. The summed E-state index contributed by atoms with van der Waals surface area (Å²) in [5.74, 6) is 0.973. The minimum Gasteiger partial charge on any atom is -0.494 e. The Bertz CT molecular complexity index is 344. The van der Waals surface area contributed by atoms with Crippen LogP contribution in [0.1, 0.15) is 38.7 Å². The molecular weight excluding hydrogens is 198 g/mol. The molecule has 2 rings (SSSR count). The molecule has 2 heteroatoms. The molecule has 0 bridgehead atoms. The van der Waals surface area contributed by atoms with Gasteiger partial charge in [-0.1, -0.05) is 12.1 Å². The van der Waals surface area contributed by atoms with Crippen molar-refractivity contribution in [2.24, 2.45) is 0 Å². The summed E-state index contributed by atoms with van der Waals surface area (Å²) in [7, 11) is 0. The van der Waals surface area contributed by atoms with E-state index in [0.717, 1.165) is 18.9 Å². The minimum absolute atomic E-state index is 0.377. The minimum atomic E-state index is 0.377. The molecule has 1 saturated carbocycles. The molecule has 0 amide bonds. The zero-order valence-corrected chi connectivity index (χ0v) is 10.3. The van der Waals surface area contributed by atoms with E-state index in [1.807, 2.05) is 13.0 Å². The number of ether oxygens (including phenoxy) is 1. The monoisotopic (exact) mass is 219 g/mol. The van der Waals surface area contributed by atoms with Crippen LogP contribution in [0.25, 0.3) is 0 Å². The van der Waals surface area contributed by atoms with Gasteiger partial charge in [-0.2, -0.15) is 0 Å². The highest BCUT2D eigenvalue weighted by molar-refractivity contribution is 5.28. The van der Waals surface area contributed by atoms with Crippen molar-refractivity contribution in [3.05, 3.63) is 29.8 Å². The van der Waals surface area contributed by atoms with Gasteiger partial charge in [0.1, 0.15) is 5.75 Å². The number of rotatable bonds is 5. The largest absolute Gasteiger partial charge is 0.494 e. The molecule has 1 aliphatic rings. The van der Waals surface area contributed by atoms with E-state index in [9.17, 15) is 0 Å². The van der Waals surface area contributed by atoms with Crippen LogP contribution < -0.4 is 10.1 Å². The second kappa shape index (κ2) is 4.88. The fourth-order valence-electron chi connectivity index (χ4n) is 2.11. The summed E-state index contributed by atoms with van der Waals surface area (Å²) in [5.41, 5.74) is 1.68. The van der Waals surface area contributed by atoms with Gasteiger partial charge in [-0.3, -0.25) is 0 Å². The predicted octanol–water partition coefficient (Wildman–Crippen LogP) is 3.12. The summed E-state index contributed by atoms with van der Waals surface area (Å²) >= 11 is 0. The van der Waals surface area contributed by atoms with Crippen molar-refractivity contribution in [2.45, 2.75) is 45.2 Å². The highest BCUT2D eigenvalue weighted by Crippen LogP contribution is 2.31. The third-order valence-corrected chi connectivity index (χ3v) is 3.39. The van der Waals surface area contributed by atoms with Gasteiger partial charge in [-0.25, -0.2) is 0 Å². The first kappa shape index (κ1) is 11.5. The first-order chi connectivity index (χ1) is 7.72. The van der Waals surface area contributed by atoms with Crippen LogP contribution in [-0.2, 0) is 6.54 Å². The van der Waals surface area contributed by atoms with Gasteiger partial charge >= 0.3 is 0 Å². The summed E-state index contributed by atoms with van der Waals surface area (Å²) in [6.45, 7) is 6.00. The Kier molecular flexibility index (Phi) is 3.49. The topological polar surface area (TPSA) is 21.3 Å². The molecule has 0 radical (unpaired) electrons. The van der Waals surface area contributed by atoms with Crippen molar-refractivity contribution < 1.29 is 4.74 Å². The molecule has 0 aliphatic heterocycles. The van der Waals surface area contributed by atoms with Crippen molar-refractivity contribution >= 4 is 0 Å². The van der Waals surface area contributed by atoms with E-state index in [1.165, 1.54) is 24.8 Å². The summed E-state index contributed by atoms with van der Waals surface area (Å²) in [6.07, 6.45) is 3.97. The van der Waals surface area contributed by atoms with E-state index in [0.29, 0.717) is 5.54 Å². The Hall–Kier alpha value is -1.02. The van der Waals surface area contributed by atoms with Crippen LogP contribution in [0.4, 0.5) is 0 Å². The van der Waals surface area contributed by atoms with Gasteiger partial charge in [0.2, 0.25) is 0 Å². The lowest BCUT2D eigenvalue weighted by molar-refractivity contribution is 0.206. The van der Waals surface area contributed by atoms with Crippen LogP contribution in [-0.4, -0.2) is 12.1 Å². The van der Waals surface area contributed by atoms with Gasteiger partial charge in [0, 0.05) is 12.1 Å². The molecule has 0 heterocycles. The number of nitrogens with one attached hydrogen (secondary N) is 1. The summed E-state index contributed by atoms with van der Waals surface area (Å²) in [4.78, 5) is 0. The standard InChI is InChI=1S/C14H21NO/c1-3-16-13-7-4-6-12(10-13)11-15-14(2)8-5-9-14/h4,6-7,10,15H,3,5,8-9,11H2,1-2H3. The molecule has 16 heavy (non-hydrogen) atoms. The van der Waals surface area contributed by atoms with Crippen LogP contribution in [0.2, 0.25) is 0 Å². The maximum absolute atomic E-state index is 5.49. The Balaban J connectivity index is 1.90. The highest BCUT2D eigenvalue weighted by Gasteiger charge is 2.30. The second-order valence-corrected chi connectivity index (χ2v) is 4.85. The van der Waals surface area contributed by atoms with Crippen LogP contribution in [0, 0.1) is 0 Å². The predicted molar refractivity (Wildman–Crippen MR) is 66.7 cm³/mol. The number of hydrogen-bond acceptors (Lipinski definition) is 2. The van der Waals surface area contributed by atoms with E-state index in [2.05, 4.69) is 30.4 Å². The van der Waals surface area contributed by atoms with Gasteiger partial charge in [0.05, 0.1) is 6.61 Å². The van der Waals surface area contributed by atoms with E-state index < -0.39 is 0 Å². The van der Waals surface area contributed by atoms with Gasteiger partial charge < -0.3 is 10.1 Å². The average molecular weight is 219 g/mol. The molecule has 1 aromatic carbocycles. The fraction of sp³-hybridized carbons (Fsp3) is 0.571. The quantitative estimate of drug-likeness (QED) is 0.821. The second-order valence-electron chi connectivity index (χ2n) is 4.85. The lowest BCUT2D eigenvalue weighted by Gasteiger charge is -2.39. The van der Waals surface area contributed by atoms with Crippen molar-refractivity contribution in [2.75, 3.05) is 6.61 Å². The number of benzene rings is 1. The molecule has 1 fully saturated rings. The molecule has 0 spiro atoms. The average Bonchev–Trinajstić information content (AvgIpc) is 2.25. The zero-order chi connectivity index (χ0) is 11.4. The molecule has 1 aromatic rings. The highest BCUT2D eigenvalue weighted by atomic mass is 16.5. The van der Waals surface area contributed by atoms with Crippen molar-refractivity contribution in [3.8, 4) is 5.75 Å². The van der Waals surface area contributed by atoms with Crippen molar-refractivity contribution in [3.63, 3.8) is 0 Å². The van der Waals surface area contributed by atoms with Gasteiger partial charge in [-0.15, -0.1) is 0 Å². The molecule has 0 aromatic heterocycles. The van der Waals surface area contributed by atoms with Crippen LogP contribution >= 0.6 is 0 Å². The summed E-state index contributed by atoms with van der Waals surface area (Å²) in [6, 6.07) is 8.35. The van der Waals surface area contributed by atoms with Crippen LogP contribution in [0.15, 0.2) is 24.3 Å². The molecule has 1 N–H and O–H groups in total. The smallest absolute Gasteiger partial charge is 0.119 e. The Morgan fingerprint density at radius 3 is 2.81 bits per heavy atom. The lowest BCUT2D eigenvalue weighted by atomic mass is 9.78. The van der Waals surface area contributed by atoms with E-state index in [-0.39, 0.29) is 0 Å². The Labute approximate surface area is 98.0 Å². The Morgan fingerprint density at radius 1 is 1.38 bits per heavy atom. The fourth-order valence-corrected chi connectivity index (χ4v) is 2.11.